The van der Waals surface area contributed by atoms with Crippen LogP contribution < -0.4 is 0 Å². The molecule has 0 spiro atoms. The molecule has 0 aromatic rings. The average molecular weight is 609 g/mol. The summed E-state index contributed by atoms with van der Waals surface area (Å²) in [5.41, 5.74) is 3.46. The van der Waals surface area contributed by atoms with Gasteiger partial charge in [0.05, 0.1) is 6.10 Å². The fourth-order valence-corrected chi connectivity index (χ4v) is 9.99. The molecule has 0 aromatic heterocycles. The van der Waals surface area contributed by atoms with Crippen LogP contribution in [-0.2, 0) is 27.8 Å². The molecule has 0 amide bonds. The van der Waals surface area contributed by atoms with Crippen LogP contribution in [0.4, 0.5) is 0 Å². The largest absolute Gasteiger partial charge is 0.458 e. The van der Waals surface area contributed by atoms with Crippen molar-refractivity contribution in [3.05, 3.63) is 34.9 Å². The maximum Gasteiger partial charge on any atom is 0.303 e. The Kier molecular flexibility index (Phi) is 10.2. The van der Waals surface area contributed by atoms with Gasteiger partial charge in [0.25, 0.3) is 0 Å². The standard InChI is InChI=1S/C33H52O8S/c1-18(2)19(3)11-12-20(4)23-14-15-24-22-13-16-26-31(6,7)29(39-42-41-40-36)25(37-10)17-32(26,8)27(22)28(35)30(33(23,24)9)38-21(5)34/h15,18,20,23,25-26,28-30,35-36H,3,11-14,16-17H2,1-2,4-10H3/t20-,23-,25-,26+,28-,29+,30+,32+,33-/m1/s1. The smallest absolute Gasteiger partial charge is 0.303 e. The third kappa shape index (κ3) is 5.57. The van der Waals surface area contributed by atoms with Crippen LogP contribution in [0.15, 0.2) is 34.9 Å². The zero-order chi connectivity index (χ0) is 31.2. The van der Waals surface area contributed by atoms with E-state index < -0.39 is 23.0 Å². The lowest BCUT2D eigenvalue weighted by Crippen LogP contribution is -2.63. The molecule has 9 heteroatoms. The van der Waals surface area contributed by atoms with Crippen LogP contribution in [0.2, 0.25) is 0 Å². The lowest BCUT2D eigenvalue weighted by molar-refractivity contribution is -0.434. The van der Waals surface area contributed by atoms with Gasteiger partial charge in [-0.05, 0) is 89.7 Å². The second kappa shape index (κ2) is 12.7. The third-order valence-corrected chi connectivity index (χ3v) is 12.0. The number of rotatable bonds is 11. The molecule has 4 rings (SSSR count). The summed E-state index contributed by atoms with van der Waals surface area (Å²) in [5, 5.41) is 24.7. The Morgan fingerprint density at radius 2 is 1.88 bits per heavy atom. The van der Waals surface area contributed by atoms with Crippen LogP contribution in [-0.4, -0.2) is 47.9 Å². The van der Waals surface area contributed by atoms with Gasteiger partial charge in [-0.1, -0.05) is 71.7 Å². The van der Waals surface area contributed by atoms with E-state index in [0.717, 1.165) is 37.7 Å². The second-order valence-electron chi connectivity index (χ2n) is 14.5. The molecule has 0 radical (unpaired) electrons. The van der Waals surface area contributed by atoms with Gasteiger partial charge in [0.1, 0.15) is 18.3 Å². The van der Waals surface area contributed by atoms with Gasteiger partial charge >= 0.3 is 5.97 Å². The van der Waals surface area contributed by atoms with E-state index in [4.69, 9.17) is 18.9 Å². The van der Waals surface area contributed by atoms with Gasteiger partial charge in [-0.2, -0.15) is 0 Å². The summed E-state index contributed by atoms with van der Waals surface area (Å²) >= 11 is 0.586. The first-order valence-electron chi connectivity index (χ1n) is 15.5. The van der Waals surface area contributed by atoms with Crippen LogP contribution in [0.1, 0.15) is 93.9 Å². The van der Waals surface area contributed by atoms with E-state index in [0.29, 0.717) is 30.6 Å². The van der Waals surface area contributed by atoms with Crippen molar-refractivity contribution in [1.29, 1.82) is 0 Å². The first kappa shape index (κ1) is 33.7. The summed E-state index contributed by atoms with van der Waals surface area (Å²) in [6.45, 7) is 21.2. The minimum atomic E-state index is -0.927. The minimum absolute atomic E-state index is 0.145. The Bertz CT molecular complexity index is 1100. The van der Waals surface area contributed by atoms with Crippen molar-refractivity contribution in [3.63, 3.8) is 0 Å². The summed E-state index contributed by atoms with van der Waals surface area (Å²) in [6.07, 6.45) is 5.37. The van der Waals surface area contributed by atoms with E-state index in [-0.39, 0.29) is 35.4 Å². The van der Waals surface area contributed by atoms with Crippen molar-refractivity contribution in [2.24, 2.45) is 39.9 Å². The van der Waals surface area contributed by atoms with Gasteiger partial charge in [-0.3, -0.25) is 8.98 Å². The highest BCUT2D eigenvalue weighted by Crippen LogP contribution is 2.67. The van der Waals surface area contributed by atoms with E-state index in [1.807, 2.05) is 0 Å². The Labute approximate surface area is 256 Å². The zero-order valence-corrected chi connectivity index (χ0v) is 27.7. The van der Waals surface area contributed by atoms with E-state index in [2.05, 4.69) is 70.5 Å². The molecule has 1 fully saturated rings. The van der Waals surface area contributed by atoms with Crippen molar-refractivity contribution >= 4 is 18.3 Å². The summed E-state index contributed by atoms with van der Waals surface area (Å²) in [4.78, 5) is 12.6. The number of esters is 1. The number of carbonyl (C=O) groups is 1. The van der Waals surface area contributed by atoms with Gasteiger partial charge in [-0.15, -0.1) is 4.33 Å². The number of aliphatic hydroxyl groups excluding tert-OH is 1. The molecule has 9 atom stereocenters. The molecule has 0 aromatic carbocycles. The Balaban J connectivity index is 1.75. The van der Waals surface area contributed by atoms with Crippen molar-refractivity contribution in [2.45, 2.75) is 118 Å². The normalized spacial score (nSPS) is 38.0. The molecular formula is C33H52O8S. The van der Waals surface area contributed by atoms with Gasteiger partial charge < -0.3 is 14.6 Å². The summed E-state index contributed by atoms with van der Waals surface area (Å²) in [5.74, 6) is 0.832. The van der Waals surface area contributed by atoms with E-state index in [1.54, 1.807) is 7.11 Å². The molecule has 4 aliphatic rings. The van der Waals surface area contributed by atoms with Gasteiger partial charge in [0.15, 0.2) is 12.3 Å². The molecule has 42 heavy (non-hydrogen) atoms. The number of aliphatic hydroxyl groups is 1. The fraction of sp³-hybridized carbons (Fsp3) is 0.788. The van der Waals surface area contributed by atoms with Crippen molar-refractivity contribution < 1.29 is 38.2 Å². The monoisotopic (exact) mass is 608 g/mol. The molecule has 1 saturated carbocycles. The molecule has 2 N–H and O–H groups in total. The maximum atomic E-state index is 12.6. The fourth-order valence-electron chi connectivity index (χ4n) is 9.47. The molecule has 0 saturated heterocycles. The number of hydrogen-bond donors (Lipinski definition) is 2. The molecule has 4 aliphatic carbocycles. The number of ether oxygens (including phenoxy) is 2. The zero-order valence-electron chi connectivity index (χ0n) is 26.9. The first-order valence-corrected chi connectivity index (χ1v) is 16.1. The summed E-state index contributed by atoms with van der Waals surface area (Å²) < 4.78 is 22.7. The number of allylic oxidation sites excluding steroid dienone is 3. The lowest BCUT2D eigenvalue weighted by atomic mass is 9.45. The molecule has 8 nitrogen and oxygen atoms in total. The van der Waals surface area contributed by atoms with E-state index in [9.17, 15) is 9.90 Å². The van der Waals surface area contributed by atoms with Crippen molar-refractivity contribution in [2.75, 3.05) is 7.11 Å². The predicted molar refractivity (Wildman–Crippen MR) is 163 cm³/mol. The molecule has 0 heterocycles. The minimum Gasteiger partial charge on any atom is -0.458 e. The predicted octanol–water partition coefficient (Wildman–Crippen LogP) is 7.40. The highest BCUT2D eigenvalue weighted by molar-refractivity contribution is 7.89. The molecule has 0 unspecified atom stereocenters. The van der Waals surface area contributed by atoms with Gasteiger partial charge in [0.2, 0.25) is 0 Å². The van der Waals surface area contributed by atoms with Crippen LogP contribution >= 0.6 is 12.3 Å². The van der Waals surface area contributed by atoms with Crippen molar-refractivity contribution in [1.82, 2.24) is 0 Å². The summed E-state index contributed by atoms with van der Waals surface area (Å²) in [7, 11) is 1.67. The highest BCUT2D eigenvalue weighted by Gasteiger charge is 2.65. The highest BCUT2D eigenvalue weighted by atomic mass is 32.2. The average Bonchev–Trinajstić information content (AvgIpc) is 3.27. The topological polar surface area (TPSA) is 104 Å². The third-order valence-electron chi connectivity index (χ3n) is 11.6. The number of methoxy groups -OCH3 is 1. The second-order valence-corrected chi connectivity index (χ2v) is 14.9. The molecule has 0 bridgehead atoms. The lowest BCUT2D eigenvalue weighted by Gasteiger charge is -2.62. The van der Waals surface area contributed by atoms with Crippen LogP contribution in [0.25, 0.3) is 0 Å². The van der Waals surface area contributed by atoms with Crippen molar-refractivity contribution in [3.8, 4) is 0 Å². The van der Waals surface area contributed by atoms with Crippen LogP contribution in [0.3, 0.4) is 0 Å². The SMILES string of the molecule is C=C(CC[C@@H](C)[C@H]1CC=C2C3=C([C@@H](O)[C@H](OC(C)=O)[C@@]21C)[C@@]1(C)C[C@@H](OC)[C@H](OSOOO)C(C)(C)[C@@H]1CC3)C(C)C. The van der Waals surface area contributed by atoms with E-state index in [1.165, 1.54) is 23.6 Å². The number of carbonyl (C=O) groups excluding carboxylic acids is 1. The van der Waals surface area contributed by atoms with Crippen LogP contribution in [0, 0.1) is 39.9 Å². The quantitative estimate of drug-likeness (QED) is 0.0620. The molecule has 238 valence electrons. The maximum absolute atomic E-state index is 12.6. The van der Waals surface area contributed by atoms with Gasteiger partial charge in [-0.25, -0.2) is 5.26 Å². The molecular weight excluding hydrogens is 556 g/mol. The Morgan fingerprint density at radius 3 is 2.48 bits per heavy atom. The van der Waals surface area contributed by atoms with Crippen LogP contribution in [0.5, 0.6) is 0 Å². The Morgan fingerprint density at radius 1 is 1.19 bits per heavy atom. The Hall–Kier alpha value is -1.20. The number of fused-ring (bicyclic) bond motifs is 4. The van der Waals surface area contributed by atoms with E-state index >= 15 is 0 Å². The summed E-state index contributed by atoms with van der Waals surface area (Å²) in [6, 6.07) is 0. The first-order chi connectivity index (χ1) is 19.7. The molecule has 0 aliphatic heterocycles. The van der Waals surface area contributed by atoms with Gasteiger partial charge in [0, 0.05) is 19.4 Å². The number of hydrogen-bond acceptors (Lipinski definition) is 9.